The molecular formula is C23H30N2O4S. The van der Waals surface area contributed by atoms with Crippen LogP contribution in [0.3, 0.4) is 0 Å². The van der Waals surface area contributed by atoms with E-state index in [-0.39, 0.29) is 28.2 Å². The highest BCUT2D eigenvalue weighted by molar-refractivity contribution is 7.89. The number of aryl methyl sites for hydroxylation is 1. The minimum atomic E-state index is -3.86. The third-order valence-corrected chi connectivity index (χ3v) is 6.75. The van der Waals surface area contributed by atoms with Crippen molar-refractivity contribution in [1.29, 1.82) is 0 Å². The SMILES string of the molecule is COc1ccc(C(=O)NC(c2ccc(C)cc2)C2CC2)cc1S(=O)(=O)NC(C)(C)C. The predicted octanol–water partition coefficient (Wildman–Crippen LogP) is 3.96. The van der Waals surface area contributed by atoms with Crippen molar-refractivity contribution in [3.63, 3.8) is 0 Å². The summed E-state index contributed by atoms with van der Waals surface area (Å²) in [5.41, 5.74) is 1.84. The van der Waals surface area contributed by atoms with Gasteiger partial charge in [-0.05, 0) is 70.2 Å². The molecule has 162 valence electrons. The highest BCUT2D eigenvalue weighted by atomic mass is 32.2. The summed E-state index contributed by atoms with van der Waals surface area (Å²) in [5, 5.41) is 3.10. The van der Waals surface area contributed by atoms with Crippen LogP contribution < -0.4 is 14.8 Å². The van der Waals surface area contributed by atoms with Gasteiger partial charge < -0.3 is 10.1 Å². The van der Waals surface area contributed by atoms with E-state index in [9.17, 15) is 13.2 Å². The average molecular weight is 431 g/mol. The normalized spacial score (nSPS) is 15.5. The molecule has 2 aromatic rings. The molecule has 6 nitrogen and oxygen atoms in total. The molecule has 1 unspecified atom stereocenters. The first kappa shape index (κ1) is 22.3. The van der Waals surface area contributed by atoms with E-state index in [1.165, 1.54) is 19.2 Å². The second-order valence-electron chi connectivity index (χ2n) is 8.92. The summed E-state index contributed by atoms with van der Waals surface area (Å²) >= 11 is 0. The van der Waals surface area contributed by atoms with Gasteiger partial charge in [0.15, 0.2) is 0 Å². The largest absolute Gasteiger partial charge is 0.495 e. The van der Waals surface area contributed by atoms with Crippen LogP contribution in [-0.2, 0) is 10.0 Å². The number of hydrogen-bond acceptors (Lipinski definition) is 4. The molecule has 30 heavy (non-hydrogen) atoms. The van der Waals surface area contributed by atoms with E-state index in [0.717, 1.165) is 24.0 Å². The molecule has 0 saturated heterocycles. The number of benzene rings is 2. The first-order chi connectivity index (χ1) is 14.0. The monoisotopic (exact) mass is 430 g/mol. The van der Waals surface area contributed by atoms with Gasteiger partial charge in [0.25, 0.3) is 5.91 Å². The van der Waals surface area contributed by atoms with Gasteiger partial charge in [-0.2, -0.15) is 0 Å². The van der Waals surface area contributed by atoms with Gasteiger partial charge in [-0.1, -0.05) is 29.8 Å². The van der Waals surface area contributed by atoms with Gasteiger partial charge in [0.05, 0.1) is 13.2 Å². The van der Waals surface area contributed by atoms with Crippen LogP contribution in [-0.4, -0.2) is 27.0 Å². The zero-order valence-electron chi connectivity index (χ0n) is 18.2. The molecule has 0 radical (unpaired) electrons. The summed E-state index contributed by atoms with van der Waals surface area (Å²) in [6, 6.07) is 12.5. The Morgan fingerprint density at radius 2 is 1.73 bits per heavy atom. The molecule has 3 rings (SSSR count). The van der Waals surface area contributed by atoms with Crippen molar-refractivity contribution >= 4 is 15.9 Å². The zero-order chi connectivity index (χ0) is 22.1. The Morgan fingerprint density at radius 1 is 1.10 bits per heavy atom. The van der Waals surface area contributed by atoms with Crippen LogP contribution in [0.25, 0.3) is 0 Å². The van der Waals surface area contributed by atoms with Gasteiger partial charge in [-0.3, -0.25) is 4.79 Å². The Balaban J connectivity index is 1.89. The van der Waals surface area contributed by atoms with Crippen molar-refractivity contribution < 1.29 is 17.9 Å². The smallest absolute Gasteiger partial charge is 0.251 e. The third kappa shape index (κ3) is 5.40. The number of nitrogens with one attached hydrogen (secondary N) is 2. The number of carbonyl (C=O) groups is 1. The quantitative estimate of drug-likeness (QED) is 0.696. The summed E-state index contributed by atoms with van der Waals surface area (Å²) in [7, 11) is -2.45. The third-order valence-electron chi connectivity index (χ3n) is 4.97. The Hall–Kier alpha value is -2.38. The van der Waals surface area contributed by atoms with Gasteiger partial charge in [-0.25, -0.2) is 13.1 Å². The van der Waals surface area contributed by atoms with Crippen LogP contribution >= 0.6 is 0 Å². The molecule has 7 heteroatoms. The van der Waals surface area contributed by atoms with E-state index in [0.29, 0.717) is 5.92 Å². The molecule has 1 amide bonds. The van der Waals surface area contributed by atoms with Crippen LogP contribution in [0.5, 0.6) is 5.75 Å². The number of amides is 1. The minimum Gasteiger partial charge on any atom is -0.495 e. The topological polar surface area (TPSA) is 84.5 Å². The maximum Gasteiger partial charge on any atom is 0.251 e. The molecule has 1 saturated carbocycles. The van der Waals surface area contributed by atoms with Crippen LogP contribution in [0.2, 0.25) is 0 Å². The number of ether oxygens (including phenoxy) is 1. The van der Waals surface area contributed by atoms with Gasteiger partial charge in [0.2, 0.25) is 10.0 Å². The Labute approximate surface area is 179 Å². The Morgan fingerprint density at radius 3 is 2.27 bits per heavy atom. The summed E-state index contributed by atoms with van der Waals surface area (Å²) < 4.78 is 33.6. The molecule has 1 aliphatic carbocycles. The van der Waals surface area contributed by atoms with Crippen molar-refractivity contribution in [3.8, 4) is 5.75 Å². The highest BCUT2D eigenvalue weighted by Gasteiger charge is 2.34. The molecule has 0 spiro atoms. The highest BCUT2D eigenvalue weighted by Crippen LogP contribution is 2.41. The van der Waals surface area contributed by atoms with Crippen molar-refractivity contribution in [2.45, 2.75) is 57.0 Å². The van der Waals surface area contributed by atoms with Crippen LogP contribution in [0.15, 0.2) is 47.4 Å². The van der Waals surface area contributed by atoms with E-state index in [1.54, 1.807) is 26.8 Å². The summed E-state index contributed by atoms with van der Waals surface area (Å²) in [6.45, 7) is 7.31. The fourth-order valence-corrected chi connectivity index (χ4v) is 5.00. The minimum absolute atomic E-state index is 0.0501. The summed E-state index contributed by atoms with van der Waals surface area (Å²) in [6.07, 6.45) is 2.13. The lowest BCUT2D eigenvalue weighted by atomic mass is 10.0. The summed E-state index contributed by atoms with van der Waals surface area (Å²) in [5.74, 6) is 0.295. The molecule has 0 bridgehead atoms. The Bertz CT molecular complexity index is 1020. The lowest BCUT2D eigenvalue weighted by molar-refractivity contribution is 0.0931. The molecule has 0 aliphatic heterocycles. The van der Waals surface area contributed by atoms with E-state index in [4.69, 9.17) is 4.74 Å². The first-order valence-electron chi connectivity index (χ1n) is 10.1. The van der Waals surface area contributed by atoms with Crippen molar-refractivity contribution in [2.75, 3.05) is 7.11 Å². The van der Waals surface area contributed by atoms with Crippen LogP contribution in [0.1, 0.15) is 61.1 Å². The molecular weight excluding hydrogens is 400 g/mol. The van der Waals surface area contributed by atoms with E-state index >= 15 is 0 Å². The number of methoxy groups -OCH3 is 1. The second kappa shape index (κ2) is 8.40. The number of sulfonamides is 1. The number of rotatable bonds is 7. The lowest BCUT2D eigenvalue weighted by Gasteiger charge is -2.22. The van der Waals surface area contributed by atoms with Crippen molar-refractivity contribution in [2.24, 2.45) is 5.92 Å². The van der Waals surface area contributed by atoms with Crippen molar-refractivity contribution in [3.05, 3.63) is 59.2 Å². The van der Waals surface area contributed by atoms with Gasteiger partial charge in [0.1, 0.15) is 10.6 Å². The van der Waals surface area contributed by atoms with Crippen LogP contribution in [0.4, 0.5) is 0 Å². The van der Waals surface area contributed by atoms with Gasteiger partial charge >= 0.3 is 0 Å². The molecule has 0 aromatic heterocycles. The molecule has 1 atom stereocenters. The molecule has 0 heterocycles. The fraction of sp³-hybridized carbons (Fsp3) is 0.435. The average Bonchev–Trinajstić information content (AvgIpc) is 3.49. The first-order valence-corrected chi connectivity index (χ1v) is 11.6. The second-order valence-corrected chi connectivity index (χ2v) is 10.6. The zero-order valence-corrected chi connectivity index (χ0v) is 19.0. The maximum absolute atomic E-state index is 13.0. The van der Waals surface area contributed by atoms with Gasteiger partial charge in [-0.15, -0.1) is 0 Å². The lowest BCUT2D eigenvalue weighted by Crippen LogP contribution is -2.40. The number of hydrogen-bond donors (Lipinski definition) is 2. The number of carbonyl (C=O) groups excluding carboxylic acids is 1. The summed E-state index contributed by atoms with van der Waals surface area (Å²) in [4.78, 5) is 13.0. The van der Waals surface area contributed by atoms with E-state index in [2.05, 4.69) is 10.0 Å². The van der Waals surface area contributed by atoms with Gasteiger partial charge in [0, 0.05) is 11.1 Å². The molecule has 1 aliphatic rings. The fourth-order valence-electron chi connectivity index (χ4n) is 3.39. The van der Waals surface area contributed by atoms with Crippen molar-refractivity contribution in [1.82, 2.24) is 10.0 Å². The maximum atomic E-state index is 13.0. The van der Waals surface area contributed by atoms with E-state index in [1.807, 2.05) is 31.2 Å². The van der Waals surface area contributed by atoms with E-state index < -0.39 is 15.6 Å². The Kier molecular flexibility index (Phi) is 6.24. The molecule has 2 N–H and O–H groups in total. The molecule has 2 aromatic carbocycles. The standard InChI is InChI=1S/C23H30N2O4S/c1-15-6-8-16(9-7-15)21(17-10-11-17)24-22(26)18-12-13-19(29-5)20(14-18)30(27,28)25-23(2,3)4/h6-9,12-14,17,21,25H,10-11H2,1-5H3,(H,24,26). The predicted molar refractivity (Wildman–Crippen MR) is 117 cm³/mol. The van der Waals surface area contributed by atoms with Crippen LogP contribution in [0, 0.1) is 12.8 Å². The molecule has 1 fully saturated rings.